The quantitative estimate of drug-likeness (QED) is 0.473. The predicted molar refractivity (Wildman–Crippen MR) is 39.9 cm³/mol. The zero-order valence-corrected chi connectivity index (χ0v) is 7.45. The van der Waals surface area contributed by atoms with Gasteiger partial charge in [0, 0.05) is 6.61 Å². The first-order valence-corrected chi connectivity index (χ1v) is 2.51. The maximum absolute atomic E-state index is 5.15. The van der Waals surface area contributed by atoms with Gasteiger partial charge in [-0.15, -0.1) is 12.4 Å². The van der Waals surface area contributed by atoms with Crippen LogP contribution < -0.4 is 0 Å². The molecule has 0 aliphatic carbocycles. The van der Waals surface area contributed by atoms with Gasteiger partial charge in [0.1, 0.15) is 0 Å². The smallest absolute Gasteiger partial charge is 1.00 e. The van der Waals surface area contributed by atoms with Crippen LogP contribution in [0.15, 0.2) is 0 Å². The zero-order valence-electron chi connectivity index (χ0n) is 7.22. The molecule has 0 amide bonds. The molecule has 0 bridgehead atoms. The maximum atomic E-state index is 5.15. The number of rotatable bonds is 0. The molecule has 0 aromatic heterocycles. The molecule has 0 radical (unpaired) electrons. The first kappa shape index (κ1) is 11.8. The summed E-state index contributed by atoms with van der Waals surface area (Å²) in [5.41, 5.74) is 0. The Morgan fingerprint density at radius 2 is 2.25 bits per heavy atom. The van der Waals surface area contributed by atoms with Crippen molar-refractivity contribution in [2.75, 3.05) is 6.61 Å². The molecular weight excluding hydrogens is 136 g/mol. The van der Waals surface area contributed by atoms with Crippen LogP contribution in [0.4, 0.5) is 0 Å². The molecule has 8 heavy (non-hydrogen) atoms. The van der Waals surface area contributed by atoms with E-state index in [4.69, 9.17) is 4.74 Å². The van der Waals surface area contributed by atoms with E-state index in [1.165, 1.54) is 12.8 Å². The van der Waals surface area contributed by atoms with E-state index < -0.39 is 0 Å². The number of hydrogen-bond donors (Lipinski definition) is 0. The Labute approximate surface area is 75.7 Å². The molecule has 0 spiro atoms. The van der Waals surface area contributed by atoms with Crippen molar-refractivity contribution in [1.82, 2.24) is 0 Å². The fourth-order valence-corrected chi connectivity index (χ4v) is 0.739. The van der Waals surface area contributed by atoms with E-state index in [1.807, 2.05) is 0 Å². The summed E-state index contributed by atoms with van der Waals surface area (Å²) in [6, 6.07) is 0. The van der Waals surface area contributed by atoms with Crippen LogP contribution in [-0.2, 0) is 4.74 Å². The summed E-state index contributed by atoms with van der Waals surface area (Å²) in [7, 11) is 0. The van der Waals surface area contributed by atoms with Gasteiger partial charge in [-0.3, -0.25) is 0 Å². The SMILES string of the molecule is CC1CCCO1.Cl.[H-].[H-].[Mg+2]. The molecule has 0 aromatic rings. The minimum Gasteiger partial charge on any atom is -1.00 e. The Bertz CT molecular complexity index is 52.9. The summed E-state index contributed by atoms with van der Waals surface area (Å²) in [5.74, 6) is 0. The van der Waals surface area contributed by atoms with Crippen LogP contribution in [0.25, 0.3) is 0 Å². The molecule has 1 rings (SSSR count). The van der Waals surface area contributed by atoms with Gasteiger partial charge in [-0.1, -0.05) is 0 Å². The van der Waals surface area contributed by atoms with Crippen LogP contribution in [0.2, 0.25) is 0 Å². The van der Waals surface area contributed by atoms with E-state index in [1.54, 1.807) is 0 Å². The standard InChI is InChI=1S/C5H10O.ClH.Mg.2H/c1-5-3-2-4-6-5;;;;/h5H,2-4H2,1H3;1H;;;/q;;+2;2*-1. The molecule has 1 aliphatic rings. The largest absolute Gasteiger partial charge is 2.00 e. The van der Waals surface area contributed by atoms with Crippen molar-refractivity contribution < 1.29 is 7.59 Å². The van der Waals surface area contributed by atoms with Crippen molar-refractivity contribution in [2.45, 2.75) is 25.9 Å². The molecule has 1 heterocycles. The molecular formula is C5H13ClMgO. The van der Waals surface area contributed by atoms with Crippen molar-refractivity contribution in [3.05, 3.63) is 0 Å². The Morgan fingerprint density at radius 3 is 2.38 bits per heavy atom. The third-order valence-electron chi connectivity index (χ3n) is 1.16. The van der Waals surface area contributed by atoms with Crippen molar-refractivity contribution >= 4 is 35.5 Å². The Hall–Kier alpha value is 1.02. The normalized spacial score (nSPS) is 25.9. The summed E-state index contributed by atoms with van der Waals surface area (Å²) < 4.78 is 5.15. The van der Waals surface area contributed by atoms with Crippen LogP contribution in [0.1, 0.15) is 22.6 Å². The predicted octanol–water partition coefficient (Wildman–Crippen LogP) is 1.45. The third kappa shape index (κ3) is 3.95. The Balaban J connectivity index is -0.0000000450. The fourth-order valence-electron chi connectivity index (χ4n) is 0.739. The number of ether oxygens (including phenoxy) is 1. The van der Waals surface area contributed by atoms with Gasteiger partial charge in [0.05, 0.1) is 6.10 Å². The second-order valence-electron chi connectivity index (χ2n) is 1.82. The van der Waals surface area contributed by atoms with E-state index >= 15 is 0 Å². The van der Waals surface area contributed by atoms with Gasteiger partial charge in [0.15, 0.2) is 0 Å². The topological polar surface area (TPSA) is 9.23 Å². The molecule has 1 saturated heterocycles. The van der Waals surface area contributed by atoms with Crippen LogP contribution in [0, 0.1) is 0 Å². The van der Waals surface area contributed by atoms with Crippen LogP contribution in [-0.4, -0.2) is 35.8 Å². The molecule has 1 aliphatic heterocycles. The minimum atomic E-state index is 0. The van der Waals surface area contributed by atoms with E-state index in [0.29, 0.717) is 6.10 Å². The first-order chi connectivity index (χ1) is 2.89. The molecule has 3 heteroatoms. The Kier molecular flexibility index (Phi) is 9.03. The second-order valence-corrected chi connectivity index (χ2v) is 1.82. The summed E-state index contributed by atoms with van der Waals surface area (Å²) in [6.07, 6.45) is 3.08. The Morgan fingerprint density at radius 1 is 1.62 bits per heavy atom. The van der Waals surface area contributed by atoms with E-state index in [9.17, 15) is 0 Å². The molecule has 48 valence electrons. The van der Waals surface area contributed by atoms with Gasteiger partial charge in [-0.25, -0.2) is 0 Å². The molecule has 0 aromatic carbocycles. The van der Waals surface area contributed by atoms with E-state index in [2.05, 4.69) is 6.92 Å². The van der Waals surface area contributed by atoms with Crippen LogP contribution in [0.3, 0.4) is 0 Å². The van der Waals surface area contributed by atoms with Gasteiger partial charge in [0.2, 0.25) is 0 Å². The summed E-state index contributed by atoms with van der Waals surface area (Å²) in [5, 5.41) is 0. The molecule has 1 unspecified atom stereocenters. The van der Waals surface area contributed by atoms with Crippen molar-refractivity contribution in [1.29, 1.82) is 0 Å². The summed E-state index contributed by atoms with van der Waals surface area (Å²) in [4.78, 5) is 0. The molecule has 1 fully saturated rings. The molecule has 0 N–H and O–H groups in total. The minimum absolute atomic E-state index is 0. The molecule has 0 saturated carbocycles. The average Bonchev–Trinajstić information content (AvgIpc) is 1.86. The van der Waals surface area contributed by atoms with Crippen LogP contribution in [0.5, 0.6) is 0 Å². The monoisotopic (exact) mass is 148 g/mol. The van der Waals surface area contributed by atoms with E-state index in [-0.39, 0.29) is 38.3 Å². The van der Waals surface area contributed by atoms with Crippen molar-refractivity contribution in [3.8, 4) is 0 Å². The fraction of sp³-hybridized carbons (Fsp3) is 1.00. The molecule has 1 atom stereocenters. The number of hydrogen-bond acceptors (Lipinski definition) is 1. The maximum Gasteiger partial charge on any atom is 2.00 e. The average molecular weight is 149 g/mol. The zero-order chi connectivity index (χ0) is 4.41. The van der Waals surface area contributed by atoms with Crippen LogP contribution >= 0.6 is 12.4 Å². The van der Waals surface area contributed by atoms with Gasteiger partial charge in [-0.2, -0.15) is 0 Å². The van der Waals surface area contributed by atoms with Crippen molar-refractivity contribution in [2.24, 2.45) is 0 Å². The van der Waals surface area contributed by atoms with E-state index in [0.717, 1.165) is 6.61 Å². The third-order valence-corrected chi connectivity index (χ3v) is 1.16. The van der Waals surface area contributed by atoms with Gasteiger partial charge in [0.25, 0.3) is 0 Å². The van der Waals surface area contributed by atoms with Gasteiger partial charge >= 0.3 is 23.1 Å². The van der Waals surface area contributed by atoms with Gasteiger partial charge in [-0.05, 0) is 19.8 Å². The second kappa shape index (κ2) is 6.14. The molecule has 1 nitrogen and oxygen atoms in total. The summed E-state index contributed by atoms with van der Waals surface area (Å²) in [6.45, 7) is 3.11. The summed E-state index contributed by atoms with van der Waals surface area (Å²) >= 11 is 0. The van der Waals surface area contributed by atoms with Crippen molar-refractivity contribution in [3.63, 3.8) is 0 Å². The van der Waals surface area contributed by atoms with Gasteiger partial charge < -0.3 is 7.59 Å². The first-order valence-electron chi connectivity index (χ1n) is 2.51. The number of halogens is 1.